The first kappa shape index (κ1) is 18.9. The molecule has 0 spiro atoms. The number of ketones is 1. The predicted octanol–water partition coefficient (Wildman–Crippen LogP) is 4.84. The average molecular weight is 308 g/mol. The number of carbonyl (C=O) groups excluding carboxylic acids is 2. The smallest absolute Gasteiger partial charge is 0.305 e. The molecule has 1 aliphatic carbocycles. The number of hydrogen-bond donors (Lipinski definition) is 0. The minimum Gasteiger partial charge on any atom is -0.469 e. The first-order valence-corrected chi connectivity index (χ1v) is 8.93. The fourth-order valence-corrected chi connectivity index (χ4v) is 3.36. The summed E-state index contributed by atoms with van der Waals surface area (Å²) < 4.78 is 4.63. The highest BCUT2D eigenvalue weighted by atomic mass is 16.5. The molecule has 3 heteroatoms. The Hall–Kier alpha value is -1.12. The number of carbonyl (C=O) groups is 2. The molecule has 0 aliphatic heterocycles. The Morgan fingerprint density at radius 3 is 2.64 bits per heavy atom. The van der Waals surface area contributed by atoms with Gasteiger partial charge in [0, 0.05) is 18.8 Å². The number of allylic oxidation sites excluding steroid dienone is 2. The van der Waals surface area contributed by atoms with Crippen molar-refractivity contribution < 1.29 is 14.3 Å². The van der Waals surface area contributed by atoms with Crippen LogP contribution in [0.2, 0.25) is 0 Å². The van der Waals surface area contributed by atoms with E-state index in [4.69, 9.17) is 0 Å². The molecule has 2 atom stereocenters. The number of rotatable bonds is 11. The van der Waals surface area contributed by atoms with Gasteiger partial charge in [-0.25, -0.2) is 0 Å². The Labute approximate surface area is 135 Å². The second-order valence-corrected chi connectivity index (χ2v) is 6.37. The lowest BCUT2D eigenvalue weighted by Gasteiger charge is -2.16. The third-order valence-electron chi connectivity index (χ3n) is 4.72. The van der Waals surface area contributed by atoms with Gasteiger partial charge in [0.15, 0.2) is 0 Å². The van der Waals surface area contributed by atoms with Crippen molar-refractivity contribution in [1.82, 2.24) is 0 Å². The van der Waals surface area contributed by atoms with E-state index in [1.807, 2.05) is 0 Å². The van der Waals surface area contributed by atoms with Gasteiger partial charge < -0.3 is 4.74 Å². The van der Waals surface area contributed by atoms with E-state index in [0.717, 1.165) is 38.5 Å². The van der Waals surface area contributed by atoms with E-state index in [2.05, 4.69) is 23.8 Å². The minimum absolute atomic E-state index is 0.104. The van der Waals surface area contributed by atoms with E-state index >= 15 is 0 Å². The van der Waals surface area contributed by atoms with Gasteiger partial charge in [-0.15, -0.1) is 0 Å². The lowest BCUT2D eigenvalue weighted by atomic mass is 9.87. The molecule has 0 heterocycles. The Morgan fingerprint density at radius 1 is 1.18 bits per heavy atom. The maximum atomic E-state index is 12.0. The first-order valence-electron chi connectivity index (χ1n) is 8.93. The van der Waals surface area contributed by atoms with Crippen molar-refractivity contribution in [3.63, 3.8) is 0 Å². The van der Waals surface area contributed by atoms with E-state index in [9.17, 15) is 9.59 Å². The van der Waals surface area contributed by atoms with Crippen molar-refractivity contribution in [3.05, 3.63) is 12.2 Å². The first-order chi connectivity index (χ1) is 10.7. The van der Waals surface area contributed by atoms with Crippen LogP contribution in [0.25, 0.3) is 0 Å². The van der Waals surface area contributed by atoms with Gasteiger partial charge in [-0.2, -0.15) is 0 Å². The van der Waals surface area contributed by atoms with Crippen LogP contribution in [0.15, 0.2) is 12.2 Å². The van der Waals surface area contributed by atoms with Gasteiger partial charge in [0.25, 0.3) is 0 Å². The molecule has 1 fully saturated rings. The lowest BCUT2D eigenvalue weighted by Crippen LogP contribution is -2.14. The van der Waals surface area contributed by atoms with Gasteiger partial charge in [0.1, 0.15) is 5.78 Å². The van der Waals surface area contributed by atoms with Gasteiger partial charge >= 0.3 is 5.97 Å². The van der Waals surface area contributed by atoms with E-state index in [0.29, 0.717) is 18.1 Å². The summed E-state index contributed by atoms with van der Waals surface area (Å²) in [6.07, 6.45) is 15.6. The maximum absolute atomic E-state index is 12.0. The number of hydrogen-bond acceptors (Lipinski definition) is 3. The van der Waals surface area contributed by atoms with Crippen molar-refractivity contribution in [2.24, 2.45) is 11.8 Å². The van der Waals surface area contributed by atoms with E-state index < -0.39 is 0 Å². The fourth-order valence-electron chi connectivity index (χ4n) is 3.36. The summed E-state index contributed by atoms with van der Waals surface area (Å²) >= 11 is 0. The molecule has 0 unspecified atom stereocenters. The van der Waals surface area contributed by atoms with Crippen LogP contribution in [0.3, 0.4) is 0 Å². The number of methoxy groups -OCH3 is 1. The summed E-state index contributed by atoms with van der Waals surface area (Å²) in [6, 6.07) is 0. The van der Waals surface area contributed by atoms with Crippen LogP contribution in [-0.2, 0) is 14.3 Å². The van der Waals surface area contributed by atoms with E-state index in [-0.39, 0.29) is 11.9 Å². The van der Waals surface area contributed by atoms with E-state index in [1.54, 1.807) is 0 Å². The molecular weight excluding hydrogens is 276 g/mol. The highest BCUT2D eigenvalue weighted by molar-refractivity contribution is 5.83. The van der Waals surface area contributed by atoms with Gasteiger partial charge in [-0.1, -0.05) is 44.8 Å². The molecule has 0 aromatic heterocycles. The standard InChI is InChI=1S/C19H32O3/c1-3-4-8-12-17-16(14-15-18(17)20)11-9-6-5-7-10-13-19(21)22-2/h4,8,16-17H,3,5-7,9-15H2,1-2H3/b8-4-/t16-,17-/m0/s1. The van der Waals surface area contributed by atoms with Gasteiger partial charge in [0.2, 0.25) is 0 Å². The zero-order chi connectivity index (χ0) is 16.2. The summed E-state index contributed by atoms with van der Waals surface area (Å²) in [4.78, 5) is 23.0. The SMILES string of the molecule is CC/C=C\C[C@@H]1C(=O)CC[C@@H]1CCCCCCCC(=O)OC. The molecule has 0 aromatic rings. The Morgan fingerprint density at radius 2 is 1.91 bits per heavy atom. The molecule has 0 bridgehead atoms. The van der Waals surface area contributed by atoms with Crippen LogP contribution < -0.4 is 0 Å². The van der Waals surface area contributed by atoms with Crippen molar-refractivity contribution in [3.8, 4) is 0 Å². The maximum Gasteiger partial charge on any atom is 0.305 e. The molecule has 1 aliphatic rings. The summed E-state index contributed by atoms with van der Waals surface area (Å²) in [6.45, 7) is 2.13. The monoisotopic (exact) mass is 308 g/mol. The largest absolute Gasteiger partial charge is 0.469 e. The highest BCUT2D eigenvalue weighted by Gasteiger charge is 2.32. The second kappa shape index (κ2) is 11.4. The minimum atomic E-state index is -0.104. The van der Waals surface area contributed by atoms with Crippen LogP contribution in [0.4, 0.5) is 0 Å². The molecule has 1 saturated carbocycles. The van der Waals surface area contributed by atoms with Crippen molar-refractivity contribution in [1.29, 1.82) is 0 Å². The quantitative estimate of drug-likeness (QED) is 0.311. The summed E-state index contributed by atoms with van der Waals surface area (Å²) in [5.74, 6) is 1.25. The lowest BCUT2D eigenvalue weighted by molar-refractivity contribution is -0.140. The van der Waals surface area contributed by atoms with Crippen LogP contribution in [-0.4, -0.2) is 18.9 Å². The fraction of sp³-hybridized carbons (Fsp3) is 0.789. The molecule has 0 aromatic carbocycles. The molecule has 0 radical (unpaired) electrons. The highest BCUT2D eigenvalue weighted by Crippen LogP contribution is 2.35. The molecule has 22 heavy (non-hydrogen) atoms. The Balaban J connectivity index is 2.11. The summed E-state index contributed by atoms with van der Waals surface area (Å²) in [5, 5.41) is 0. The van der Waals surface area contributed by atoms with Gasteiger partial charge in [-0.3, -0.25) is 9.59 Å². The Bertz CT molecular complexity index is 360. The number of ether oxygens (including phenoxy) is 1. The molecule has 3 nitrogen and oxygen atoms in total. The van der Waals surface area contributed by atoms with E-state index in [1.165, 1.54) is 32.8 Å². The summed E-state index contributed by atoms with van der Waals surface area (Å²) in [5.41, 5.74) is 0. The van der Waals surface area contributed by atoms with Gasteiger partial charge in [0.05, 0.1) is 7.11 Å². The van der Waals surface area contributed by atoms with Crippen LogP contribution >= 0.6 is 0 Å². The van der Waals surface area contributed by atoms with Crippen molar-refractivity contribution in [2.75, 3.05) is 7.11 Å². The van der Waals surface area contributed by atoms with Gasteiger partial charge in [-0.05, 0) is 38.0 Å². The zero-order valence-electron chi connectivity index (χ0n) is 14.3. The summed E-state index contributed by atoms with van der Waals surface area (Å²) in [7, 11) is 1.44. The van der Waals surface area contributed by atoms with Crippen molar-refractivity contribution in [2.45, 2.75) is 77.6 Å². The van der Waals surface area contributed by atoms with Crippen LogP contribution in [0, 0.1) is 11.8 Å². The molecular formula is C19H32O3. The zero-order valence-corrected chi connectivity index (χ0v) is 14.3. The van der Waals surface area contributed by atoms with Crippen LogP contribution in [0.5, 0.6) is 0 Å². The molecule has 1 rings (SSSR count). The van der Waals surface area contributed by atoms with Crippen molar-refractivity contribution >= 4 is 11.8 Å². The number of Topliss-reactive ketones (excluding diaryl/α,β-unsaturated/α-hetero) is 1. The topological polar surface area (TPSA) is 43.4 Å². The Kier molecular flexibility index (Phi) is 9.85. The molecule has 0 N–H and O–H groups in total. The molecule has 126 valence electrons. The number of unbranched alkanes of at least 4 members (excludes halogenated alkanes) is 4. The second-order valence-electron chi connectivity index (χ2n) is 6.37. The third kappa shape index (κ3) is 7.24. The predicted molar refractivity (Wildman–Crippen MR) is 89.6 cm³/mol. The average Bonchev–Trinajstić information content (AvgIpc) is 2.87. The third-order valence-corrected chi connectivity index (χ3v) is 4.72. The molecule has 0 amide bonds. The molecule has 0 saturated heterocycles. The number of esters is 1. The van der Waals surface area contributed by atoms with Crippen LogP contribution in [0.1, 0.15) is 77.6 Å². The normalized spacial score (nSPS) is 21.6.